The number of hydrogen-bond acceptors (Lipinski definition) is 5. The monoisotopic (exact) mass is 249 g/mol. The van der Waals surface area contributed by atoms with Crippen LogP contribution in [0.5, 0.6) is 0 Å². The van der Waals surface area contributed by atoms with E-state index in [1.807, 2.05) is 0 Å². The van der Waals surface area contributed by atoms with Crippen LogP contribution in [0.4, 0.5) is 5.69 Å². The molecule has 0 aromatic carbocycles. The molecule has 1 N–H and O–H groups in total. The Labute approximate surface area is 102 Å². The molecule has 0 bridgehead atoms. The lowest BCUT2D eigenvalue weighted by atomic mass is 10.1. The van der Waals surface area contributed by atoms with Gasteiger partial charge in [-0.3, -0.25) is 9.97 Å². The second-order valence-electron chi connectivity index (χ2n) is 3.34. The van der Waals surface area contributed by atoms with E-state index in [-0.39, 0.29) is 11.4 Å². The lowest BCUT2D eigenvalue weighted by Gasteiger charge is -2.11. The van der Waals surface area contributed by atoms with Gasteiger partial charge in [0.05, 0.1) is 5.02 Å². The normalized spacial score (nSPS) is 12.1. The first-order valence-electron chi connectivity index (χ1n) is 4.79. The van der Waals surface area contributed by atoms with Crippen molar-refractivity contribution in [1.82, 2.24) is 9.97 Å². The van der Waals surface area contributed by atoms with Gasteiger partial charge in [-0.15, -0.1) is 4.91 Å². The van der Waals surface area contributed by atoms with E-state index in [4.69, 9.17) is 11.6 Å². The van der Waals surface area contributed by atoms with Gasteiger partial charge in [0.15, 0.2) is 0 Å². The van der Waals surface area contributed by atoms with E-state index in [9.17, 15) is 10.0 Å². The number of nitrogens with zero attached hydrogens (tertiary/aromatic N) is 3. The van der Waals surface area contributed by atoms with Gasteiger partial charge in [0.2, 0.25) is 0 Å². The number of aliphatic hydroxyl groups is 1. The second kappa shape index (κ2) is 4.99. The van der Waals surface area contributed by atoms with Gasteiger partial charge < -0.3 is 5.11 Å². The van der Waals surface area contributed by atoms with Gasteiger partial charge in [-0.05, 0) is 17.3 Å². The molecule has 2 aromatic rings. The molecule has 0 amide bonds. The Kier molecular flexibility index (Phi) is 3.41. The molecule has 0 fully saturated rings. The Morgan fingerprint density at radius 2 is 2.24 bits per heavy atom. The van der Waals surface area contributed by atoms with E-state index in [1.54, 1.807) is 18.3 Å². The molecular formula is C11H8ClN3O2. The van der Waals surface area contributed by atoms with Crippen LogP contribution in [0.1, 0.15) is 17.4 Å². The minimum absolute atomic E-state index is 0.0221. The maximum absolute atomic E-state index is 10.6. The number of hydrogen-bond donors (Lipinski definition) is 1. The Morgan fingerprint density at radius 1 is 1.41 bits per heavy atom. The smallest absolute Gasteiger partial charge is 0.134 e. The predicted octanol–water partition coefficient (Wildman–Crippen LogP) is 2.61. The summed E-state index contributed by atoms with van der Waals surface area (Å²) in [7, 11) is 0. The van der Waals surface area contributed by atoms with Crippen molar-refractivity contribution in [3.63, 3.8) is 0 Å². The highest BCUT2D eigenvalue weighted by atomic mass is 35.5. The van der Waals surface area contributed by atoms with Crippen LogP contribution < -0.4 is 0 Å². The van der Waals surface area contributed by atoms with Gasteiger partial charge >= 0.3 is 0 Å². The fraction of sp³-hybridized carbons (Fsp3) is 0.0909. The minimum atomic E-state index is -1.05. The number of halogens is 1. The summed E-state index contributed by atoms with van der Waals surface area (Å²) in [5.74, 6) is 0. The zero-order valence-corrected chi connectivity index (χ0v) is 9.37. The SMILES string of the molecule is O=Nc1cc(Cl)cnc1C(O)c1cccnc1. The fourth-order valence-electron chi connectivity index (χ4n) is 1.42. The zero-order valence-electron chi connectivity index (χ0n) is 8.62. The molecule has 0 radical (unpaired) electrons. The van der Waals surface area contributed by atoms with Crippen LogP contribution >= 0.6 is 11.6 Å². The molecule has 17 heavy (non-hydrogen) atoms. The minimum Gasteiger partial charge on any atom is -0.382 e. The maximum Gasteiger partial charge on any atom is 0.134 e. The summed E-state index contributed by atoms with van der Waals surface area (Å²) < 4.78 is 0. The largest absolute Gasteiger partial charge is 0.382 e. The molecule has 0 aliphatic carbocycles. The summed E-state index contributed by atoms with van der Waals surface area (Å²) in [5.41, 5.74) is 0.721. The third kappa shape index (κ3) is 2.46. The molecule has 6 heteroatoms. The first-order chi connectivity index (χ1) is 8.22. The number of aromatic nitrogens is 2. The standard InChI is InChI=1S/C11H8ClN3O2/c12-8-4-9(15-17)10(14-6-8)11(16)7-2-1-3-13-5-7/h1-6,11,16H. The summed E-state index contributed by atoms with van der Waals surface area (Å²) >= 11 is 5.69. The van der Waals surface area contributed by atoms with Crippen LogP contribution in [-0.2, 0) is 0 Å². The van der Waals surface area contributed by atoms with Crippen molar-refractivity contribution in [2.45, 2.75) is 6.10 Å². The van der Waals surface area contributed by atoms with Gasteiger partial charge in [-0.2, -0.15) is 0 Å². The summed E-state index contributed by atoms with van der Waals surface area (Å²) in [6.45, 7) is 0. The number of pyridine rings is 2. The van der Waals surface area contributed by atoms with E-state index in [2.05, 4.69) is 15.1 Å². The van der Waals surface area contributed by atoms with Crippen molar-refractivity contribution in [2.75, 3.05) is 0 Å². The van der Waals surface area contributed by atoms with E-state index in [0.717, 1.165) is 0 Å². The average Bonchev–Trinajstić information content (AvgIpc) is 2.39. The van der Waals surface area contributed by atoms with Crippen molar-refractivity contribution in [1.29, 1.82) is 0 Å². The van der Waals surface area contributed by atoms with Crippen molar-refractivity contribution < 1.29 is 5.11 Å². The summed E-state index contributed by atoms with van der Waals surface area (Å²) in [4.78, 5) is 18.4. The lowest BCUT2D eigenvalue weighted by Crippen LogP contribution is -2.02. The van der Waals surface area contributed by atoms with Crippen LogP contribution in [0.15, 0.2) is 42.0 Å². The molecule has 0 saturated carbocycles. The average molecular weight is 250 g/mol. The van der Waals surface area contributed by atoms with Crippen molar-refractivity contribution in [3.8, 4) is 0 Å². The highest BCUT2D eigenvalue weighted by molar-refractivity contribution is 6.30. The van der Waals surface area contributed by atoms with Gasteiger partial charge in [0.1, 0.15) is 17.5 Å². The zero-order chi connectivity index (χ0) is 12.3. The summed E-state index contributed by atoms with van der Waals surface area (Å²) in [6.07, 6.45) is 3.39. The van der Waals surface area contributed by atoms with Gasteiger partial charge in [0.25, 0.3) is 0 Å². The molecule has 86 valence electrons. The van der Waals surface area contributed by atoms with Crippen LogP contribution in [0.2, 0.25) is 5.02 Å². The molecular weight excluding hydrogens is 242 g/mol. The maximum atomic E-state index is 10.6. The van der Waals surface area contributed by atoms with E-state index < -0.39 is 6.10 Å². The van der Waals surface area contributed by atoms with Crippen molar-refractivity contribution >= 4 is 17.3 Å². The first-order valence-corrected chi connectivity index (χ1v) is 5.17. The Morgan fingerprint density at radius 3 is 2.88 bits per heavy atom. The molecule has 1 atom stereocenters. The topological polar surface area (TPSA) is 75.4 Å². The van der Waals surface area contributed by atoms with Crippen LogP contribution in [-0.4, -0.2) is 15.1 Å². The molecule has 0 aliphatic rings. The van der Waals surface area contributed by atoms with Gasteiger partial charge in [-0.25, -0.2) is 0 Å². The highest BCUT2D eigenvalue weighted by Crippen LogP contribution is 2.29. The van der Waals surface area contributed by atoms with Crippen molar-refractivity contribution in [3.05, 3.63) is 58.0 Å². The Balaban J connectivity index is 2.44. The predicted molar refractivity (Wildman–Crippen MR) is 63.0 cm³/mol. The third-order valence-corrected chi connectivity index (χ3v) is 2.43. The van der Waals surface area contributed by atoms with Crippen LogP contribution in [0.3, 0.4) is 0 Å². The van der Waals surface area contributed by atoms with Gasteiger partial charge in [0, 0.05) is 24.2 Å². The molecule has 5 nitrogen and oxygen atoms in total. The van der Waals surface area contributed by atoms with Crippen LogP contribution in [0, 0.1) is 4.91 Å². The number of aliphatic hydroxyl groups excluding tert-OH is 1. The molecule has 0 saturated heterocycles. The second-order valence-corrected chi connectivity index (χ2v) is 3.77. The summed E-state index contributed by atoms with van der Waals surface area (Å²) in [6, 6.07) is 4.72. The Bertz CT molecular complexity index is 533. The highest BCUT2D eigenvalue weighted by Gasteiger charge is 2.17. The number of nitroso groups, excluding NO2 is 1. The molecule has 2 rings (SSSR count). The molecule has 0 aliphatic heterocycles. The summed E-state index contributed by atoms with van der Waals surface area (Å²) in [5, 5.41) is 13.1. The molecule has 2 heterocycles. The fourth-order valence-corrected chi connectivity index (χ4v) is 1.57. The third-order valence-electron chi connectivity index (χ3n) is 2.22. The quantitative estimate of drug-likeness (QED) is 0.849. The first kappa shape index (κ1) is 11.6. The molecule has 0 spiro atoms. The van der Waals surface area contributed by atoms with Gasteiger partial charge in [-0.1, -0.05) is 17.7 Å². The van der Waals surface area contributed by atoms with E-state index >= 15 is 0 Å². The van der Waals surface area contributed by atoms with Crippen molar-refractivity contribution in [2.24, 2.45) is 5.18 Å². The molecule has 1 unspecified atom stereocenters. The van der Waals surface area contributed by atoms with Crippen LogP contribution in [0.25, 0.3) is 0 Å². The van der Waals surface area contributed by atoms with E-state index in [0.29, 0.717) is 10.6 Å². The molecule has 2 aromatic heterocycles. The van der Waals surface area contributed by atoms with E-state index in [1.165, 1.54) is 18.5 Å². The number of rotatable bonds is 3. The Hall–Kier alpha value is -1.85. The lowest BCUT2D eigenvalue weighted by molar-refractivity contribution is 0.215.